The standard InChI is InChI=1S/C22H26FN3O3/c1-16-3-6-18(13-20(16)23)22(28)26-11-9-25(10-12-26)15-21(27)24-14-17-4-7-19(29-2)8-5-17/h3-8,13H,9-12,14-15H2,1-2H3,(H,24,27). The zero-order chi connectivity index (χ0) is 20.8. The molecule has 7 heteroatoms. The third kappa shape index (κ3) is 5.54. The highest BCUT2D eigenvalue weighted by Gasteiger charge is 2.23. The lowest BCUT2D eigenvalue weighted by Gasteiger charge is -2.34. The average molecular weight is 399 g/mol. The second kappa shape index (κ2) is 9.52. The van der Waals surface area contributed by atoms with Gasteiger partial charge in [-0.1, -0.05) is 18.2 Å². The van der Waals surface area contributed by atoms with Crippen molar-refractivity contribution >= 4 is 11.8 Å². The molecule has 1 saturated heterocycles. The lowest BCUT2D eigenvalue weighted by molar-refractivity contribution is -0.122. The van der Waals surface area contributed by atoms with E-state index in [4.69, 9.17) is 4.74 Å². The SMILES string of the molecule is COc1ccc(CNC(=O)CN2CCN(C(=O)c3ccc(C)c(F)c3)CC2)cc1. The lowest BCUT2D eigenvalue weighted by atomic mass is 10.1. The first-order valence-electron chi connectivity index (χ1n) is 9.63. The Morgan fingerprint density at radius 2 is 1.76 bits per heavy atom. The highest BCUT2D eigenvalue weighted by molar-refractivity contribution is 5.94. The van der Waals surface area contributed by atoms with Gasteiger partial charge in [-0.05, 0) is 42.3 Å². The van der Waals surface area contributed by atoms with Crippen molar-refractivity contribution in [3.05, 3.63) is 65.0 Å². The fourth-order valence-electron chi connectivity index (χ4n) is 3.22. The van der Waals surface area contributed by atoms with Crippen molar-refractivity contribution in [2.24, 2.45) is 0 Å². The normalized spacial score (nSPS) is 14.5. The fourth-order valence-corrected chi connectivity index (χ4v) is 3.22. The molecule has 0 aromatic heterocycles. The molecule has 2 aromatic carbocycles. The van der Waals surface area contributed by atoms with E-state index in [1.54, 1.807) is 31.1 Å². The van der Waals surface area contributed by atoms with Gasteiger partial charge in [-0.2, -0.15) is 0 Å². The van der Waals surface area contributed by atoms with Gasteiger partial charge in [0.2, 0.25) is 5.91 Å². The van der Waals surface area contributed by atoms with E-state index in [1.807, 2.05) is 29.2 Å². The molecule has 0 bridgehead atoms. The summed E-state index contributed by atoms with van der Waals surface area (Å²) >= 11 is 0. The van der Waals surface area contributed by atoms with Crippen LogP contribution in [0.4, 0.5) is 4.39 Å². The monoisotopic (exact) mass is 399 g/mol. The molecule has 1 heterocycles. The number of nitrogens with one attached hydrogen (secondary N) is 1. The first-order valence-corrected chi connectivity index (χ1v) is 9.63. The van der Waals surface area contributed by atoms with Gasteiger partial charge in [0.1, 0.15) is 11.6 Å². The number of aryl methyl sites for hydroxylation is 1. The Kier molecular flexibility index (Phi) is 6.82. The van der Waals surface area contributed by atoms with Crippen LogP contribution in [0.15, 0.2) is 42.5 Å². The van der Waals surface area contributed by atoms with Crippen LogP contribution < -0.4 is 10.1 Å². The molecule has 0 atom stereocenters. The van der Waals surface area contributed by atoms with Crippen LogP contribution in [0.5, 0.6) is 5.75 Å². The molecule has 154 valence electrons. The summed E-state index contributed by atoms with van der Waals surface area (Å²) in [6.45, 7) is 4.66. The van der Waals surface area contributed by atoms with Crippen molar-refractivity contribution in [2.45, 2.75) is 13.5 Å². The summed E-state index contributed by atoms with van der Waals surface area (Å²) in [6, 6.07) is 12.1. The van der Waals surface area contributed by atoms with Gasteiger partial charge in [0, 0.05) is 38.3 Å². The van der Waals surface area contributed by atoms with E-state index in [9.17, 15) is 14.0 Å². The maximum absolute atomic E-state index is 13.7. The molecular weight excluding hydrogens is 373 g/mol. The van der Waals surface area contributed by atoms with Gasteiger partial charge in [-0.15, -0.1) is 0 Å². The summed E-state index contributed by atoms with van der Waals surface area (Å²) in [4.78, 5) is 28.5. The predicted octanol–water partition coefficient (Wildman–Crippen LogP) is 2.22. The van der Waals surface area contributed by atoms with Crippen molar-refractivity contribution in [1.82, 2.24) is 15.1 Å². The molecule has 1 aliphatic heterocycles. The minimum absolute atomic E-state index is 0.0544. The van der Waals surface area contributed by atoms with Crippen LogP contribution in [0.3, 0.4) is 0 Å². The second-order valence-electron chi connectivity index (χ2n) is 7.16. The summed E-state index contributed by atoms with van der Waals surface area (Å²) in [7, 11) is 1.61. The van der Waals surface area contributed by atoms with Gasteiger partial charge in [0.25, 0.3) is 5.91 Å². The largest absolute Gasteiger partial charge is 0.497 e. The van der Waals surface area contributed by atoms with Crippen LogP contribution in [0.2, 0.25) is 0 Å². The topological polar surface area (TPSA) is 61.9 Å². The summed E-state index contributed by atoms with van der Waals surface area (Å²) in [5.74, 6) is 0.178. The zero-order valence-electron chi connectivity index (χ0n) is 16.8. The molecule has 1 aliphatic rings. The van der Waals surface area contributed by atoms with Crippen LogP contribution in [0, 0.1) is 12.7 Å². The number of carbonyl (C=O) groups is 2. The maximum atomic E-state index is 13.7. The molecule has 29 heavy (non-hydrogen) atoms. The summed E-state index contributed by atoms with van der Waals surface area (Å²) in [6.07, 6.45) is 0. The first-order chi connectivity index (χ1) is 14.0. The molecule has 2 aromatic rings. The molecule has 0 spiro atoms. The summed E-state index contributed by atoms with van der Waals surface area (Å²) in [5, 5.41) is 2.91. The highest BCUT2D eigenvalue weighted by atomic mass is 19.1. The number of amides is 2. The maximum Gasteiger partial charge on any atom is 0.254 e. The van der Waals surface area contributed by atoms with Gasteiger partial charge in [-0.3, -0.25) is 14.5 Å². The molecule has 0 saturated carbocycles. The van der Waals surface area contributed by atoms with Crippen LogP contribution in [-0.2, 0) is 11.3 Å². The minimum atomic E-state index is -0.372. The molecule has 0 aliphatic carbocycles. The third-order valence-corrected chi connectivity index (χ3v) is 5.09. The number of rotatable bonds is 6. The van der Waals surface area contributed by atoms with Crippen molar-refractivity contribution in [3.63, 3.8) is 0 Å². The van der Waals surface area contributed by atoms with Gasteiger partial charge < -0.3 is 15.0 Å². The van der Waals surface area contributed by atoms with Crippen LogP contribution >= 0.6 is 0 Å². The molecule has 1 N–H and O–H groups in total. The van der Waals surface area contributed by atoms with Crippen molar-refractivity contribution in [1.29, 1.82) is 0 Å². The van der Waals surface area contributed by atoms with E-state index < -0.39 is 0 Å². The Morgan fingerprint density at radius 1 is 1.07 bits per heavy atom. The Balaban J connectivity index is 1.43. The number of hydrogen-bond donors (Lipinski definition) is 1. The number of carbonyl (C=O) groups excluding carboxylic acids is 2. The molecule has 0 radical (unpaired) electrons. The highest BCUT2D eigenvalue weighted by Crippen LogP contribution is 2.14. The van der Waals surface area contributed by atoms with Gasteiger partial charge in [0.05, 0.1) is 13.7 Å². The number of piperazine rings is 1. The van der Waals surface area contributed by atoms with Crippen molar-refractivity contribution < 1.29 is 18.7 Å². The molecule has 0 unspecified atom stereocenters. The number of nitrogens with zero attached hydrogens (tertiary/aromatic N) is 2. The summed E-state index contributed by atoms with van der Waals surface area (Å²) < 4.78 is 18.8. The minimum Gasteiger partial charge on any atom is -0.497 e. The lowest BCUT2D eigenvalue weighted by Crippen LogP contribution is -2.51. The smallest absolute Gasteiger partial charge is 0.254 e. The van der Waals surface area contributed by atoms with Crippen LogP contribution in [0.25, 0.3) is 0 Å². The molecule has 6 nitrogen and oxygen atoms in total. The fraction of sp³-hybridized carbons (Fsp3) is 0.364. The summed E-state index contributed by atoms with van der Waals surface area (Å²) in [5.41, 5.74) is 1.88. The first kappa shape index (κ1) is 20.8. The van der Waals surface area contributed by atoms with E-state index in [1.165, 1.54) is 6.07 Å². The van der Waals surface area contributed by atoms with E-state index >= 15 is 0 Å². The number of methoxy groups -OCH3 is 1. The Bertz CT molecular complexity index is 862. The Hall–Kier alpha value is -2.93. The quantitative estimate of drug-likeness (QED) is 0.809. The number of ether oxygens (including phenoxy) is 1. The second-order valence-corrected chi connectivity index (χ2v) is 7.16. The van der Waals surface area contributed by atoms with E-state index in [0.29, 0.717) is 43.9 Å². The zero-order valence-corrected chi connectivity index (χ0v) is 16.8. The van der Waals surface area contributed by atoms with Gasteiger partial charge in [0.15, 0.2) is 0 Å². The van der Waals surface area contributed by atoms with Crippen molar-refractivity contribution in [3.8, 4) is 5.75 Å². The third-order valence-electron chi connectivity index (χ3n) is 5.09. The Morgan fingerprint density at radius 3 is 2.38 bits per heavy atom. The van der Waals surface area contributed by atoms with Gasteiger partial charge in [-0.25, -0.2) is 4.39 Å². The van der Waals surface area contributed by atoms with E-state index in [0.717, 1.165) is 11.3 Å². The Labute approximate surface area is 170 Å². The predicted molar refractivity (Wildman–Crippen MR) is 108 cm³/mol. The van der Waals surface area contributed by atoms with Crippen LogP contribution in [0.1, 0.15) is 21.5 Å². The number of halogens is 1. The number of benzene rings is 2. The van der Waals surface area contributed by atoms with Crippen LogP contribution in [-0.4, -0.2) is 61.4 Å². The van der Waals surface area contributed by atoms with E-state index in [-0.39, 0.29) is 24.2 Å². The molecular formula is C22H26FN3O3. The van der Waals surface area contributed by atoms with Gasteiger partial charge >= 0.3 is 0 Å². The molecule has 3 rings (SSSR count). The number of hydrogen-bond acceptors (Lipinski definition) is 4. The molecule has 1 fully saturated rings. The molecule has 2 amide bonds. The van der Waals surface area contributed by atoms with E-state index in [2.05, 4.69) is 5.32 Å². The average Bonchev–Trinajstić information content (AvgIpc) is 2.74. The van der Waals surface area contributed by atoms with Crippen molar-refractivity contribution in [2.75, 3.05) is 39.8 Å².